The average Bonchev–Trinajstić information content (AvgIpc) is 3.25. The molecule has 4 rings (SSSR count). The lowest BCUT2D eigenvalue weighted by Gasteiger charge is -2.04. The molecule has 128 valence electrons. The number of hydrogen-bond acceptors (Lipinski definition) is 7. The fraction of sp³-hybridized carbons (Fsp3) is 0.353. The van der Waals surface area contributed by atoms with Gasteiger partial charge in [0.05, 0.1) is 23.4 Å². The number of aromatic nitrogens is 6. The van der Waals surface area contributed by atoms with Crippen LogP contribution in [0.25, 0.3) is 17.0 Å². The van der Waals surface area contributed by atoms with Crippen molar-refractivity contribution in [3.05, 3.63) is 46.6 Å². The first kappa shape index (κ1) is 15.5. The molecule has 0 amide bonds. The molecule has 0 aliphatic heterocycles. The van der Waals surface area contributed by atoms with Gasteiger partial charge in [0.15, 0.2) is 5.65 Å². The molecule has 0 radical (unpaired) electrons. The van der Waals surface area contributed by atoms with Gasteiger partial charge >= 0.3 is 0 Å². The Balaban J connectivity index is 1.77. The van der Waals surface area contributed by atoms with E-state index in [1.807, 2.05) is 40.7 Å². The second kappa shape index (κ2) is 5.51. The van der Waals surface area contributed by atoms with Crippen LogP contribution in [-0.4, -0.2) is 29.9 Å². The lowest BCUT2D eigenvalue weighted by atomic mass is 9.99. The highest BCUT2D eigenvalue weighted by Gasteiger charge is 2.24. The van der Waals surface area contributed by atoms with Gasteiger partial charge in [0, 0.05) is 17.0 Å². The van der Waals surface area contributed by atoms with Crippen LogP contribution in [0.2, 0.25) is 0 Å². The van der Waals surface area contributed by atoms with Gasteiger partial charge in [-0.3, -0.25) is 0 Å². The van der Waals surface area contributed by atoms with Crippen molar-refractivity contribution >= 4 is 5.65 Å². The van der Waals surface area contributed by atoms with Gasteiger partial charge < -0.3 is 9.05 Å². The first-order valence-corrected chi connectivity index (χ1v) is 8.04. The van der Waals surface area contributed by atoms with Crippen molar-refractivity contribution in [2.75, 3.05) is 0 Å². The van der Waals surface area contributed by atoms with E-state index >= 15 is 0 Å². The molecule has 4 aromatic rings. The Morgan fingerprint density at radius 2 is 1.84 bits per heavy atom. The topological polar surface area (TPSA) is 95.1 Å². The second-order valence-corrected chi connectivity index (χ2v) is 6.25. The largest absolute Gasteiger partial charge is 0.361 e. The zero-order valence-corrected chi connectivity index (χ0v) is 14.7. The first-order valence-electron chi connectivity index (χ1n) is 8.04. The molecule has 0 saturated carbocycles. The number of aryl methyl sites for hydroxylation is 4. The van der Waals surface area contributed by atoms with Crippen molar-refractivity contribution < 1.29 is 9.05 Å². The monoisotopic (exact) mass is 338 g/mol. The van der Waals surface area contributed by atoms with Gasteiger partial charge in [-0.15, -0.1) is 0 Å². The minimum atomic E-state index is -0.106. The molecule has 8 heteroatoms. The van der Waals surface area contributed by atoms with E-state index in [0.29, 0.717) is 11.7 Å². The minimum absolute atomic E-state index is 0.106. The summed E-state index contributed by atoms with van der Waals surface area (Å²) >= 11 is 0. The molecule has 0 saturated heterocycles. The van der Waals surface area contributed by atoms with E-state index in [4.69, 9.17) is 9.05 Å². The molecule has 0 fully saturated rings. The van der Waals surface area contributed by atoms with Crippen molar-refractivity contribution in [1.82, 2.24) is 29.9 Å². The third-order valence-corrected chi connectivity index (χ3v) is 4.35. The summed E-state index contributed by atoms with van der Waals surface area (Å²) < 4.78 is 12.5. The van der Waals surface area contributed by atoms with Crippen LogP contribution in [0.15, 0.2) is 21.3 Å². The standard InChI is InChI=1S/C17H18N6O2/c1-8-6-9(2)23-16(19-8)13(7-18-23)15-20-17(25-22-15)10(3)14-11(4)21-24-12(14)5/h6-7,10H,1-5H3/t10-/m0/s1. The molecule has 4 aromatic heterocycles. The van der Waals surface area contributed by atoms with E-state index < -0.39 is 0 Å². The second-order valence-electron chi connectivity index (χ2n) is 6.25. The molecular weight excluding hydrogens is 320 g/mol. The molecule has 1 atom stereocenters. The van der Waals surface area contributed by atoms with Crippen LogP contribution >= 0.6 is 0 Å². The molecule has 0 unspecified atom stereocenters. The molecule has 0 aliphatic rings. The van der Waals surface area contributed by atoms with Crippen molar-refractivity contribution in [2.45, 2.75) is 40.5 Å². The molecular formula is C17H18N6O2. The predicted octanol–water partition coefficient (Wildman–Crippen LogP) is 3.15. The number of hydrogen-bond donors (Lipinski definition) is 0. The fourth-order valence-corrected chi connectivity index (χ4v) is 3.18. The van der Waals surface area contributed by atoms with Gasteiger partial charge in [-0.1, -0.05) is 10.3 Å². The summed E-state index contributed by atoms with van der Waals surface area (Å²) in [4.78, 5) is 9.12. The van der Waals surface area contributed by atoms with Crippen LogP contribution in [0, 0.1) is 27.7 Å². The summed E-state index contributed by atoms with van der Waals surface area (Å²) in [7, 11) is 0. The number of rotatable bonds is 3. The Hall–Kier alpha value is -3.03. The summed E-state index contributed by atoms with van der Waals surface area (Å²) in [5, 5.41) is 12.5. The highest BCUT2D eigenvalue weighted by Crippen LogP contribution is 2.30. The molecule has 0 bridgehead atoms. The fourth-order valence-electron chi connectivity index (χ4n) is 3.18. The molecule has 0 aromatic carbocycles. The maximum Gasteiger partial charge on any atom is 0.234 e. The van der Waals surface area contributed by atoms with E-state index in [1.54, 1.807) is 10.7 Å². The number of fused-ring (bicyclic) bond motifs is 1. The summed E-state index contributed by atoms with van der Waals surface area (Å²) in [6.45, 7) is 9.71. The molecule has 25 heavy (non-hydrogen) atoms. The van der Waals surface area contributed by atoms with Gasteiger partial charge in [0.2, 0.25) is 11.7 Å². The third-order valence-electron chi connectivity index (χ3n) is 4.35. The van der Waals surface area contributed by atoms with Crippen LogP contribution < -0.4 is 0 Å². The van der Waals surface area contributed by atoms with Gasteiger partial charge in [-0.25, -0.2) is 9.50 Å². The van der Waals surface area contributed by atoms with Crippen LogP contribution in [0.1, 0.15) is 47.1 Å². The third kappa shape index (κ3) is 2.41. The Morgan fingerprint density at radius 1 is 1.04 bits per heavy atom. The molecule has 0 N–H and O–H groups in total. The lowest BCUT2D eigenvalue weighted by Crippen LogP contribution is -1.99. The first-order chi connectivity index (χ1) is 12.0. The number of nitrogens with zero attached hydrogens (tertiary/aromatic N) is 6. The van der Waals surface area contributed by atoms with Crippen molar-refractivity contribution in [3.8, 4) is 11.4 Å². The Labute approximate surface area is 143 Å². The zero-order valence-electron chi connectivity index (χ0n) is 14.7. The summed E-state index contributed by atoms with van der Waals surface area (Å²) in [6.07, 6.45) is 1.71. The maximum atomic E-state index is 5.50. The van der Waals surface area contributed by atoms with Crippen molar-refractivity contribution in [2.24, 2.45) is 0 Å². The van der Waals surface area contributed by atoms with Gasteiger partial charge in [-0.05, 0) is 40.7 Å². The smallest absolute Gasteiger partial charge is 0.234 e. The molecule has 0 spiro atoms. The Morgan fingerprint density at radius 3 is 2.56 bits per heavy atom. The summed E-state index contributed by atoms with van der Waals surface area (Å²) in [5.41, 5.74) is 5.18. The normalized spacial score (nSPS) is 12.8. The molecule has 4 heterocycles. The Kier molecular flexibility index (Phi) is 3.41. The van der Waals surface area contributed by atoms with E-state index in [9.17, 15) is 0 Å². The highest BCUT2D eigenvalue weighted by atomic mass is 16.5. The summed E-state index contributed by atoms with van der Waals surface area (Å²) in [6, 6.07) is 1.98. The van der Waals surface area contributed by atoms with E-state index in [0.717, 1.165) is 39.6 Å². The molecule has 8 nitrogen and oxygen atoms in total. The van der Waals surface area contributed by atoms with Gasteiger partial charge in [-0.2, -0.15) is 10.1 Å². The highest BCUT2D eigenvalue weighted by molar-refractivity contribution is 5.72. The van der Waals surface area contributed by atoms with Crippen molar-refractivity contribution in [1.29, 1.82) is 0 Å². The van der Waals surface area contributed by atoms with E-state index in [-0.39, 0.29) is 5.92 Å². The SMILES string of the molecule is Cc1cc(C)n2ncc(-c3noc([C@@H](C)c4c(C)noc4C)n3)c2n1. The van der Waals surface area contributed by atoms with Crippen LogP contribution in [-0.2, 0) is 0 Å². The molecule has 0 aliphatic carbocycles. The lowest BCUT2D eigenvalue weighted by molar-refractivity contribution is 0.367. The van der Waals surface area contributed by atoms with E-state index in [1.165, 1.54) is 0 Å². The predicted molar refractivity (Wildman–Crippen MR) is 89.2 cm³/mol. The summed E-state index contributed by atoms with van der Waals surface area (Å²) in [5.74, 6) is 1.63. The Bertz CT molecular complexity index is 1050. The van der Waals surface area contributed by atoms with E-state index in [2.05, 4.69) is 25.4 Å². The maximum absolute atomic E-state index is 5.50. The van der Waals surface area contributed by atoms with Crippen LogP contribution in [0.4, 0.5) is 0 Å². The van der Waals surface area contributed by atoms with Gasteiger partial charge in [0.25, 0.3) is 0 Å². The quantitative estimate of drug-likeness (QED) is 0.566. The van der Waals surface area contributed by atoms with Crippen LogP contribution in [0.5, 0.6) is 0 Å². The van der Waals surface area contributed by atoms with Crippen LogP contribution in [0.3, 0.4) is 0 Å². The zero-order chi connectivity index (χ0) is 17.7. The average molecular weight is 338 g/mol. The van der Waals surface area contributed by atoms with Crippen molar-refractivity contribution in [3.63, 3.8) is 0 Å². The van der Waals surface area contributed by atoms with Gasteiger partial charge in [0.1, 0.15) is 5.76 Å². The minimum Gasteiger partial charge on any atom is -0.361 e.